The molecule has 2 N–H and O–H groups in total. The summed E-state index contributed by atoms with van der Waals surface area (Å²) in [4.78, 5) is 22.4. The van der Waals surface area contributed by atoms with Gasteiger partial charge in [-0.3, -0.25) is 14.5 Å². The Morgan fingerprint density at radius 1 is 1.38 bits per heavy atom. The average molecular weight is 358 g/mol. The van der Waals surface area contributed by atoms with Crippen LogP contribution >= 0.6 is 0 Å². The van der Waals surface area contributed by atoms with Crippen molar-refractivity contribution < 1.29 is 9.90 Å². The second-order valence-electron chi connectivity index (χ2n) is 6.99. The van der Waals surface area contributed by atoms with E-state index >= 15 is 0 Å². The van der Waals surface area contributed by atoms with E-state index in [0.717, 1.165) is 30.2 Å². The molecule has 8 heteroatoms. The number of β-amino-alcohol motifs (C(OH)–C–C–N with tert-alkyl or cyclic N) is 1. The van der Waals surface area contributed by atoms with Gasteiger partial charge in [-0.1, -0.05) is 0 Å². The largest absolute Gasteiger partial charge is 0.386 e. The van der Waals surface area contributed by atoms with E-state index in [2.05, 4.69) is 20.4 Å². The highest BCUT2D eigenvalue weighted by Gasteiger charge is 2.36. The zero-order valence-electron chi connectivity index (χ0n) is 15.4. The zero-order chi connectivity index (χ0) is 18.6. The Hall–Kier alpha value is -2.48. The molecule has 0 saturated carbocycles. The normalized spacial score (nSPS) is 19.7. The van der Waals surface area contributed by atoms with Gasteiger partial charge in [0.05, 0.1) is 11.9 Å². The summed E-state index contributed by atoms with van der Waals surface area (Å²) in [6, 6.07) is 2.03. The van der Waals surface area contributed by atoms with Crippen LogP contribution in [0.25, 0.3) is 0 Å². The van der Waals surface area contributed by atoms with Gasteiger partial charge in [0, 0.05) is 50.7 Å². The first kappa shape index (κ1) is 18.3. The Labute approximate surface area is 153 Å². The van der Waals surface area contributed by atoms with Crippen molar-refractivity contribution in [2.45, 2.75) is 45.3 Å². The Morgan fingerprint density at radius 3 is 2.92 bits per heavy atom. The summed E-state index contributed by atoms with van der Waals surface area (Å²) in [5.74, 6) is 0.706. The van der Waals surface area contributed by atoms with Crippen LogP contribution in [0.3, 0.4) is 0 Å². The Morgan fingerprint density at radius 2 is 2.23 bits per heavy atom. The number of carbonyl (C=O) groups excluding carboxylic acids is 1. The van der Waals surface area contributed by atoms with Crippen molar-refractivity contribution in [3.8, 4) is 0 Å². The molecule has 1 aliphatic rings. The fourth-order valence-electron chi connectivity index (χ4n) is 3.29. The minimum Gasteiger partial charge on any atom is -0.386 e. The quantitative estimate of drug-likeness (QED) is 0.761. The van der Waals surface area contributed by atoms with Gasteiger partial charge in [-0.25, -0.2) is 4.98 Å². The predicted octanol–water partition coefficient (Wildman–Crippen LogP) is 0.828. The van der Waals surface area contributed by atoms with Gasteiger partial charge in [0.25, 0.3) is 0 Å². The molecule has 1 amide bonds. The lowest BCUT2D eigenvalue weighted by atomic mass is 10.0. The monoisotopic (exact) mass is 358 g/mol. The Bertz CT molecular complexity index is 747. The lowest BCUT2D eigenvalue weighted by molar-refractivity contribution is -0.122. The highest BCUT2D eigenvalue weighted by Crippen LogP contribution is 2.24. The number of rotatable bonds is 7. The number of nitrogens with one attached hydrogen (secondary N) is 1. The van der Waals surface area contributed by atoms with Crippen molar-refractivity contribution in [2.24, 2.45) is 0 Å². The third kappa shape index (κ3) is 4.57. The number of hydrogen-bond donors (Lipinski definition) is 2. The lowest BCUT2D eigenvalue weighted by Crippen LogP contribution is -2.45. The summed E-state index contributed by atoms with van der Waals surface area (Å²) < 4.78 is 1.92. The second-order valence-corrected chi connectivity index (χ2v) is 6.99. The maximum Gasteiger partial charge on any atom is 0.220 e. The van der Waals surface area contributed by atoms with Gasteiger partial charge in [0.15, 0.2) is 0 Å². The number of aryl methyl sites for hydroxylation is 3. The molecule has 26 heavy (non-hydrogen) atoms. The fraction of sp³-hybridized carbons (Fsp3) is 0.556. The number of nitrogens with zero attached hydrogens (tertiary/aromatic N) is 5. The molecule has 1 fully saturated rings. The molecule has 8 nitrogen and oxygen atoms in total. The van der Waals surface area contributed by atoms with Crippen LogP contribution in [0.15, 0.2) is 24.7 Å². The summed E-state index contributed by atoms with van der Waals surface area (Å²) in [6.45, 7) is 6.09. The van der Waals surface area contributed by atoms with Crippen molar-refractivity contribution in [3.05, 3.63) is 36.0 Å². The number of carbonyl (C=O) groups is 1. The summed E-state index contributed by atoms with van der Waals surface area (Å²) in [7, 11) is 0. The number of aliphatic hydroxyl groups is 1. The highest BCUT2D eigenvalue weighted by atomic mass is 16.3. The predicted molar refractivity (Wildman–Crippen MR) is 97.8 cm³/mol. The zero-order valence-corrected chi connectivity index (χ0v) is 15.4. The van der Waals surface area contributed by atoms with Crippen LogP contribution in [-0.4, -0.2) is 56.0 Å². The minimum absolute atomic E-state index is 0.0436. The van der Waals surface area contributed by atoms with Crippen LogP contribution < -0.4 is 10.2 Å². The van der Waals surface area contributed by atoms with Gasteiger partial charge >= 0.3 is 0 Å². The van der Waals surface area contributed by atoms with E-state index in [0.29, 0.717) is 25.9 Å². The molecule has 0 aromatic carbocycles. The first-order valence-corrected chi connectivity index (χ1v) is 8.96. The highest BCUT2D eigenvalue weighted by molar-refractivity contribution is 5.75. The Kier molecular flexibility index (Phi) is 5.51. The topological polar surface area (TPSA) is 96.2 Å². The SMILES string of the molecule is Cc1cc(C)n(CCCC(=O)NC[C@@]2(O)CCN(c3cnccn3)C2)n1. The van der Waals surface area contributed by atoms with Crippen LogP contribution in [0.1, 0.15) is 30.7 Å². The molecule has 3 rings (SSSR count). The maximum absolute atomic E-state index is 12.1. The smallest absolute Gasteiger partial charge is 0.220 e. The van der Waals surface area contributed by atoms with Crippen molar-refractivity contribution in [3.63, 3.8) is 0 Å². The first-order valence-electron chi connectivity index (χ1n) is 8.96. The molecule has 0 spiro atoms. The average Bonchev–Trinajstić information content (AvgIpc) is 3.17. The van der Waals surface area contributed by atoms with Gasteiger partial charge in [0.2, 0.25) is 5.91 Å². The van der Waals surface area contributed by atoms with Gasteiger partial charge < -0.3 is 15.3 Å². The standard InChI is InChI=1S/C18H26N6O2/c1-14-10-15(2)24(22-14)8-3-4-17(25)21-12-18(26)5-9-23(13-18)16-11-19-6-7-20-16/h6-7,10-11,26H,3-5,8-9,12-13H2,1-2H3,(H,21,25)/t18-/m0/s1. The molecule has 2 aromatic heterocycles. The van der Waals surface area contributed by atoms with Crippen molar-refractivity contribution >= 4 is 11.7 Å². The molecular formula is C18H26N6O2. The fourth-order valence-corrected chi connectivity index (χ4v) is 3.29. The van der Waals surface area contributed by atoms with E-state index in [1.165, 1.54) is 0 Å². The maximum atomic E-state index is 12.1. The molecule has 3 heterocycles. The van der Waals surface area contributed by atoms with E-state index in [1.54, 1.807) is 18.6 Å². The van der Waals surface area contributed by atoms with Crippen molar-refractivity contribution in [1.82, 2.24) is 25.1 Å². The molecule has 1 atom stereocenters. The minimum atomic E-state index is -0.928. The summed E-state index contributed by atoms with van der Waals surface area (Å²) >= 11 is 0. The molecular weight excluding hydrogens is 332 g/mol. The molecule has 0 radical (unpaired) electrons. The molecule has 140 valence electrons. The Balaban J connectivity index is 1.41. The number of hydrogen-bond acceptors (Lipinski definition) is 6. The van der Waals surface area contributed by atoms with Gasteiger partial charge in [-0.15, -0.1) is 0 Å². The molecule has 1 aliphatic heterocycles. The molecule has 0 aliphatic carbocycles. The van der Waals surface area contributed by atoms with E-state index in [4.69, 9.17) is 0 Å². The van der Waals surface area contributed by atoms with E-state index in [1.807, 2.05) is 29.5 Å². The van der Waals surface area contributed by atoms with E-state index in [9.17, 15) is 9.90 Å². The van der Waals surface area contributed by atoms with Crippen LogP contribution in [0.5, 0.6) is 0 Å². The van der Waals surface area contributed by atoms with Gasteiger partial charge in [0.1, 0.15) is 11.4 Å². The van der Waals surface area contributed by atoms with Crippen LogP contribution in [0, 0.1) is 13.8 Å². The van der Waals surface area contributed by atoms with Crippen LogP contribution in [0.2, 0.25) is 0 Å². The first-order chi connectivity index (χ1) is 12.5. The summed E-state index contributed by atoms with van der Waals surface area (Å²) in [5.41, 5.74) is 1.17. The second kappa shape index (κ2) is 7.82. The third-order valence-corrected chi connectivity index (χ3v) is 4.70. The number of anilines is 1. The molecule has 1 saturated heterocycles. The third-order valence-electron chi connectivity index (χ3n) is 4.70. The van der Waals surface area contributed by atoms with E-state index in [-0.39, 0.29) is 12.5 Å². The number of amides is 1. The van der Waals surface area contributed by atoms with E-state index < -0.39 is 5.60 Å². The molecule has 2 aromatic rings. The van der Waals surface area contributed by atoms with Crippen LogP contribution in [-0.2, 0) is 11.3 Å². The molecule has 0 unspecified atom stereocenters. The summed E-state index contributed by atoms with van der Waals surface area (Å²) in [5, 5.41) is 18.0. The number of aromatic nitrogens is 4. The van der Waals surface area contributed by atoms with Crippen molar-refractivity contribution in [2.75, 3.05) is 24.5 Å². The summed E-state index contributed by atoms with van der Waals surface area (Å²) in [6.07, 6.45) is 6.68. The van der Waals surface area contributed by atoms with Crippen LogP contribution in [0.4, 0.5) is 5.82 Å². The van der Waals surface area contributed by atoms with Gasteiger partial charge in [-0.2, -0.15) is 5.10 Å². The lowest BCUT2D eigenvalue weighted by Gasteiger charge is -2.24. The molecule has 0 bridgehead atoms. The van der Waals surface area contributed by atoms with Crippen molar-refractivity contribution in [1.29, 1.82) is 0 Å². The van der Waals surface area contributed by atoms with Gasteiger partial charge in [-0.05, 0) is 32.8 Å².